The highest BCUT2D eigenvalue weighted by molar-refractivity contribution is 7.11. The fraction of sp³-hybridized carbons (Fsp3) is 0.333. The molecule has 0 aliphatic heterocycles. The third kappa shape index (κ3) is 3.67. The van der Waals surface area contributed by atoms with E-state index in [1.165, 1.54) is 11.3 Å². The van der Waals surface area contributed by atoms with Gasteiger partial charge in [0.05, 0.1) is 17.6 Å². The third-order valence-electron chi connectivity index (χ3n) is 1.63. The predicted octanol–water partition coefficient (Wildman–Crippen LogP) is -0.293. The number of nitrogens with one attached hydrogen (secondary N) is 2. The monoisotopic (exact) mass is 238 g/mol. The van der Waals surface area contributed by atoms with Crippen LogP contribution in [0.5, 0.6) is 0 Å². The molecule has 0 radical (unpaired) electrons. The minimum Gasteiger partial charge on any atom is -0.343 e. The topological polar surface area (TPSA) is 94.9 Å². The van der Waals surface area contributed by atoms with Gasteiger partial charge in [-0.1, -0.05) is 0 Å². The van der Waals surface area contributed by atoms with Gasteiger partial charge in [-0.2, -0.15) is 5.26 Å². The van der Waals surface area contributed by atoms with Crippen LogP contribution in [0.15, 0.2) is 6.20 Å². The summed E-state index contributed by atoms with van der Waals surface area (Å²) in [7, 11) is 0. The van der Waals surface area contributed by atoms with Crippen molar-refractivity contribution in [1.29, 1.82) is 5.26 Å². The number of carbonyl (C=O) groups excluding carboxylic acids is 2. The van der Waals surface area contributed by atoms with Gasteiger partial charge in [-0.25, -0.2) is 4.98 Å². The molecular formula is C9H10N4O2S. The Labute approximate surface area is 96.3 Å². The molecule has 0 fully saturated rings. The lowest BCUT2D eigenvalue weighted by Crippen LogP contribution is -2.39. The quantitative estimate of drug-likeness (QED) is 0.558. The zero-order valence-electron chi connectivity index (χ0n) is 8.61. The second-order valence-electron chi connectivity index (χ2n) is 2.87. The molecule has 84 valence electrons. The number of aromatic nitrogens is 1. The highest BCUT2D eigenvalue weighted by atomic mass is 32.1. The second-order valence-corrected chi connectivity index (χ2v) is 4.19. The molecule has 0 aliphatic carbocycles. The molecule has 0 atom stereocenters. The Hall–Kier alpha value is -1.94. The second kappa shape index (κ2) is 5.82. The molecule has 6 nitrogen and oxygen atoms in total. The summed E-state index contributed by atoms with van der Waals surface area (Å²) in [6, 6.07) is 1.71. The molecule has 0 bridgehead atoms. The molecule has 0 saturated carbocycles. The van der Waals surface area contributed by atoms with Crippen LogP contribution < -0.4 is 10.6 Å². The number of hydrogen-bond donors (Lipinski definition) is 2. The molecular weight excluding hydrogens is 228 g/mol. The van der Waals surface area contributed by atoms with Crippen molar-refractivity contribution >= 4 is 23.2 Å². The molecule has 1 aromatic heterocycles. The number of hydrogen-bond acceptors (Lipinski definition) is 5. The number of nitriles is 1. The summed E-state index contributed by atoms with van der Waals surface area (Å²) in [5.74, 6) is -1.55. The Morgan fingerprint density at radius 2 is 2.19 bits per heavy atom. The normalized spacial score (nSPS) is 9.25. The Kier molecular flexibility index (Phi) is 4.42. The largest absolute Gasteiger partial charge is 0.343 e. The van der Waals surface area contributed by atoms with E-state index in [9.17, 15) is 9.59 Å². The fourth-order valence-corrected chi connectivity index (χ4v) is 1.67. The average molecular weight is 238 g/mol. The predicted molar refractivity (Wildman–Crippen MR) is 57.3 cm³/mol. The Morgan fingerprint density at radius 1 is 1.50 bits per heavy atom. The van der Waals surface area contributed by atoms with E-state index in [0.29, 0.717) is 0 Å². The first-order valence-electron chi connectivity index (χ1n) is 4.47. The van der Waals surface area contributed by atoms with Crippen LogP contribution in [0, 0.1) is 18.3 Å². The van der Waals surface area contributed by atoms with Gasteiger partial charge in [0.1, 0.15) is 6.54 Å². The molecule has 2 amide bonds. The van der Waals surface area contributed by atoms with Crippen LogP contribution in [-0.2, 0) is 16.1 Å². The van der Waals surface area contributed by atoms with E-state index in [4.69, 9.17) is 5.26 Å². The fourth-order valence-electron chi connectivity index (χ4n) is 0.935. The molecule has 1 heterocycles. The molecule has 1 aromatic rings. The van der Waals surface area contributed by atoms with Crippen LogP contribution in [0.25, 0.3) is 0 Å². The highest BCUT2D eigenvalue weighted by Gasteiger charge is 2.12. The number of nitrogens with zero attached hydrogens (tertiary/aromatic N) is 2. The van der Waals surface area contributed by atoms with Gasteiger partial charge in [-0.3, -0.25) is 9.59 Å². The van der Waals surface area contributed by atoms with Gasteiger partial charge < -0.3 is 10.6 Å². The standard InChI is InChI=1S/C9H10N4O2S/c1-6-12-4-7(16-6)5-13-9(15)8(14)11-3-2-10/h4H,3,5H2,1H3,(H,11,14)(H,13,15). The van der Waals surface area contributed by atoms with Crippen LogP contribution >= 0.6 is 11.3 Å². The van der Waals surface area contributed by atoms with Crippen LogP contribution in [0.4, 0.5) is 0 Å². The summed E-state index contributed by atoms with van der Waals surface area (Å²) < 4.78 is 0. The van der Waals surface area contributed by atoms with E-state index in [1.807, 2.05) is 6.92 Å². The maximum absolute atomic E-state index is 11.2. The van der Waals surface area contributed by atoms with Crippen LogP contribution in [0.3, 0.4) is 0 Å². The first-order valence-corrected chi connectivity index (χ1v) is 5.29. The van der Waals surface area contributed by atoms with E-state index in [0.717, 1.165) is 9.88 Å². The van der Waals surface area contributed by atoms with Gasteiger partial charge in [0.25, 0.3) is 0 Å². The van der Waals surface area contributed by atoms with Crippen molar-refractivity contribution in [3.8, 4) is 6.07 Å². The van der Waals surface area contributed by atoms with E-state index < -0.39 is 11.8 Å². The summed E-state index contributed by atoms with van der Waals surface area (Å²) in [6.07, 6.45) is 1.65. The van der Waals surface area contributed by atoms with Gasteiger partial charge in [-0.15, -0.1) is 11.3 Å². The molecule has 0 spiro atoms. The van der Waals surface area contributed by atoms with Crippen molar-refractivity contribution < 1.29 is 9.59 Å². The summed E-state index contributed by atoms with van der Waals surface area (Å²) in [5, 5.41) is 13.7. The summed E-state index contributed by atoms with van der Waals surface area (Å²) in [6.45, 7) is 1.95. The van der Waals surface area contributed by atoms with E-state index >= 15 is 0 Å². The molecule has 0 aromatic carbocycles. The van der Waals surface area contributed by atoms with Gasteiger partial charge in [0.15, 0.2) is 0 Å². The Morgan fingerprint density at radius 3 is 2.75 bits per heavy atom. The Bertz CT molecular complexity index is 435. The van der Waals surface area contributed by atoms with Crippen molar-refractivity contribution in [3.63, 3.8) is 0 Å². The smallest absolute Gasteiger partial charge is 0.310 e. The van der Waals surface area contributed by atoms with Gasteiger partial charge in [0, 0.05) is 11.1 Å². The van der Waals surface area contributed by atoms with Gasteiger partial charge in [-0.05, 0) is 6.92 Å². The molecule has 16 heavy (non-hydrogen) atoms. The maximum atomic E-state index is 11.2. The SMILES string of the molecule is Cc1ncc(CNC(=O)C(=O)NCC#N)s1. The maximum Gasteiger partial charge on any atom is 0.310 e. The van der Waals surface area contributed by atoms with Crippen LogP contribution in [0.2, 0.25) is 0 Å². The third-order valence-corrected chi connectivity index (χ3v) is 2.54. The van der Waals surface area contributed by atoms with Crippen molar-refractivity contribution in [2.75, 3.05) is 6.54 Å². The van der Waals surface area contributed by atoms with Crippen molar-refractivity contribution in [1.82, 2.24) is 15.6 Å². The lowest BCUT2D eigenvalue weighted by atomic mass is 10.4. The molecule has 2 N–H and O–H groups in total. The molecule has 1 rings (SSSR count). The first kappa shape index (κ1) is 12.1. The van der Waals surface area contributed by atoms with E-state index in [1.54, 1.807) is 12.3 Å². The lowest BCUT2D eigenvalue weighted by Gasteiger charge is -2.01. The van der Waals surface area contributed by atoms with E-state index in [2.05, 4.69) is 15.6 Å². The van der Waals surface area contributed by atoms with Crippen LogP contribution in [-0.4, -0.2) is 23.3 Å². The number of amides is 2. The summed E-state index contributed by atoms with van der Waals surface area (Å²) in [4.78, 5) is 27.1. The number of thiazole rings is 1. The molecule has 0 saturated heterocycles. The van der Waals surface area contributed by atoms with Crippen molar-refractivity contribution in [2.24, 2.45) is 0 Å². The zero-order chi connectivity index (χ0) is 12.0. The number of rotatable bonds is 3. The van der Waals surface area contributed by atoms with Crippen molar-refractivity contribution in [2.45, 2.75) is 13.5 Å². The average Bonchev–Trinajstić information content (AvgIpc) is 2.68. The minimum absolute atomic E-state index is 0.175. The highest BCUT2D eigenvalue weighted by Crippen LogP contribution is 2.10. The van der Waals surface area contributed by atoms with Gasteiger partial charge in [0.2, 0.25) is 0 Å². The summed E-state index contributed by atoms with van der Waals surface area (Å²) in [5.41, 5.74) is 0. The van der Waals surface area contributed by atoms with Gasteiger partial charge >= 0.3 is 11.8 Å². The van der Waals surface area contributed by atoms with Crippen LogP contribution in [0.1, 0.15) is 9.88 Å². The van der Waals surface area contributed by atoms with E-state index in [-0.39, 0.29) is 13.1 Å². The Balaban J connectivity index is 2.35. The molecule has 7 heteroatoms. The zero-order valence-corrected chi connectivity index (χ0v) is 9.43. The number of aryl methyl sites for hydroxylation is 1. The summed E-state index contributed by atoms with van der Waals surface area (Å²) >= 11 is 1.45. The molecule has 0 unspecified atom stereocenters. The molecule has 0 aliphatic rings. The number of carbonyl (C=O) groups is 2. The minimum atomic E-state index is -0.803. The lowest BCUT2D eigenvalue weighted by molar-refractivity contribution is -0.139. The van der Waals surface area contributed by atoms with Crippen molar-refractivity contribution in [3.05, 3.63) is 16.1 Å². The first-order chi connectivity index (χ1) is 7.63.